The van der Waals surface area contributed by atoms with Crippen LogP contribution in [0.5, 0.6) is 0 Å². The van der Waals surface area contributed by atoms with Crippen molar-refractivity contribution in [3.8, 4) is 0 Å². The van der Waals surface area contributed by atoms with Crippen LogP contribution < -0.4 is 10.2 Å². The van der Waals surface area contributed by atoms with Gasteiger partial charge in [-0.2, -0.15) is 5.10 Å². The monoisotopic (exact) mass is 336 g/mol. The molecule has 0 bridgehead atoms. The molecule has 1 N–H and O–H groups in total. The number of nitrogens with zero attached hydrogens (tertiary/aromatic N) is 3. The van der Waals surface area contributed by atoms with E-state index in [-0.39, 0.29) is 12.1 Å². The van der Waals surface area contributed by atoms with Crippen molar-refractivity contribution < 1.29 is 18.3 Å². The number of cyclic esters (lactones) is 1. The van der Waals surface area contributed by atoms with Crippen LogP contribution in [0.2, 0.25) is 0 Å². The normalized spacial score (nSPS) is 15.7. The van der Waals surface area contributed by atoms with Gasteiger partial charge in [-0.15, -0.1) is 0 Å². The fraction of sp³-hybridized carbons (Fsp3) is 0.375. The van der Waals surface area contributed by atoms with Crippen LogP contribution in [0.15, 0.2) is 36.7 Å². The molecule has 0 radical (unpaired) electrons. The Bertz CT molecular complexity index is 720. The fourth-order valence-corrected chi connectivity index (χ4v) is 2.60. The van der Waals surface area contributed by atoms with Crippen LogP contribution in [0.25, 0.3) is 0 Å². The third-order valence-corrected chi connectivity index (χ3v) is 3.78. The summed E-state index contributed by atoms with van der Waals surface area (Å²) in [5.41, 5.74) is 2.40. The van der Waals surface area contributed by atoms with Crippen LogP contribution in [0.3, 0.4) is 0 Å². The van der Waals surface area contributed by atoms with E-state index in [1.165, 1.54) is 10.9 Å². The second kappa shape index (κ2) is 6.86. The molecule has 2 aromatic rings. The minimum absolute atomic E-state index is 0.0761. The molecule has 6 nitrogen and oxygen atoms in total. The van der Waals surface area contributed by atoms with Gasteiger partial charge in [0.05, 0.1) is 18.4 Å². The summed E-state index contributed by atoms with van der Waals surface area (Å²) in [5.74, 6) is 0. The lowest BCUT2D eigenvalue weighted by Gasteiger charge is -2.18. The van der Waals surface area contributed by atoms with Crippen LogP contribution in [-0.2, 0) is 11.3 Å². The summed E-state index contributed by atoms with van der Waals surface area (Å²) >= 11 is 0. The number of ether oxygens (including phenoxy) is 1. The molecule has 1 saturated heterocycles. The number of anilines is 2. The van der Waals surface area contributed by atoms with E-state index < -0.39 is 13.0 Å². The first-order valence-corrected chi connectivity index (χ1v) is 7.64. The Morgan fingerprint density at radius 2 is 2.25 bits per heavy atom. The molecular weight excluding hydrogens is 318 g/mol. The number of aromatic nitrogens is 2. The summed E-state index contributed by atoms with van der Waals surface area (Å²) in [7, 11) is 0. The van der Waals surface area contributed by atoms with Gasteiger partial charge in [0.15, 0.2) is 0 Å². The maximum Gasteiger partial charge on any atom is 0.414 e. The van der Waals surface area contributed by atoms with E-state index >= 15 is 0 Å². The van der Waals surface area contributed by atoms with Gasteiger partial charge >= 0.3 is 6.09 Å². The molecule has 1 atom stereocenters. The highest BCUT2D eigenvalue weighted by molar-refractivity contribution is 5.89. The topological polar surface area (TPSA) is 59.4 Å². The number of amides is 1. The number of nitrogens with one attached hydrogen (secondary N) is 1. The molecule has 1 amide bonds. The Morgan fingerprint density at radius 1 is 1.42 bits per heavy atom. The molecule has 1 aromatic carbocycles. The number of carbonyl (C=O) groups excluding carboxylic acids is 1. The van der Waals surface area contributed by atoms with Gasteiger partial charge in [0.25, 0.3) is 6.43 Å². The maximum absolute atomic E-state index is 12.4. The number of carbonyl (C=O) groups is 1. The number of halogens is 2. The minimum atomic E-state index is -2.44. The van der Waals surface area contributed by atoms with E-state index in [9.17, 15) is 13.6 Å². The zero-order chi connectivity index (χ0) is 17.1. The Labute approximate surface area is 138 Å². The average molecular weight is 336 g/mol. The molecule has 1 aromatic heterocycles. The molecule has 1 aliphatic rings. The molecule has 1 fully saturated rings. The molecule has 2 heterocycles. The van der Waals surface area contributed by atoms with Crippen molar-refractivity contribution in [2.24, 2.45) is 0 Å². The standard InChI is InChI=1S/C16H18F2N4O2/c1-11(20-13-8-19-21(9-13)10-15(17)18)12-3-2-4-14(7-12)22-5-6-24-16(22)23/h2-4,7-9,11,15,20H,5-6,10H2,1H3/t11-/m0/s1. The number of rotatable bonds is 6. The van der Waals surface area contributed by atoms with Crippen LogP contribution in [0.4, 0.5) is 25.0 Å². The Morgan fingerprint density at radius 3 is 2.96 bits per heavy atom. The van der Waals surface area contributed by atoms with E-state index in [0.29, 0.717) is 18.8 Å². The van der Waals surface area contributed by atoms with Crippen LogP contribution >= 0.6 is 0 Å². The molecule has 24 heavy (non-hydrogen) atoms. The lowest BCUT2D eigenvalue weighted by Crippen LogP contribution is -2.23. The summed E-state index contributed by atoms with van der Waals surface area (Å²) in [5, 5.41) is 7.12. The summed E-state index contributed by atoms with van der Waals surface area (Å²) in [6.07, 6.45) is 0.276. The predicted molar refractivity (Wildman–Crippen MR) is 85.4 cm³/mol. The van der Waals surface area contributed by atoms with Gasteiger partial charge in [0.2, 0.25) is 0 Å². The molecule has 8 heteroatoms. The van der Waals surface area contributed by atoms with Crippen molar-refractivity contribution in [2.75, 3.05) is 23.4 Å². The summed E-state index contributed by atoms with van der Waals surface area (Å²) < 4.78 is 30.9. The van der Waals surface area contributed by atoms with E-state index in [2.05, 4.69) is 10.4 Å². The van der Waals surface area contributed by atoms with Gasteiger partial charge in [-0.05, 0) is 24.6 Å². The lowest BCUT2D eigenvalue weighted by atomic mass is 10.1. The van der Waals surface area contributed by atoms with Gasteiger partial charge in [0.1, 0.15) is 13.2 Å². The Balaban J connectivity index is 1.69. The average Bonchev–Trinajstić information content (AvgIpc) is 3.16. The second-order valence-corrected chi connectivity index (χ2v) is 5.57. The van der Waals surface area contributed by atoms with Crippen molar-refractivity contribution in [2.45, 2.75) is 25.9 Å². The first-order valence-electron chi connectivity index (χ1n) is 7.64. The Hall–Kier alpha value is -2.64. The van der Waals surface area contributed by atoms with Crippen LogP contribution in [0.1, 0.15) is 18.5 Å². The fourth-order valence-electron chi connectivity index (χ4n) is 2.60. The van der Waals surface area contributed by atoms with Crippen LogP contribution in [0, 0.1) is 0 Å². The molecule has 3 rings (SSSR count). The quantitative estimate of drug-likeness (QED) is 0.879. The predicted octanol–water partition coefficient (Wildman–Crippen LogP) is 3.28. The van der Waals surface area contributed by atoms with Gasteiger partial charge in [-0.25, -0.2) is 13.6 Å². The molecule has 0 aliphatic carbocycles. The molecule has 128 valence electrons. The lowest BCUT2D eigenvalue weighted by molar-refractivity contribution is 0.122. The molecule has 0 saturated carbocycles. The van der Waals surface area contributed by atoms with E-state index in [1.54, 1.807) is 11.1 Å². The minimum Gasteiger partial charge on any atom is -0.447 e. The largest absolute Gasteiger partial charge is 0.447 e. The highest BCUT2D eigenvalue weighted by Gasteiger charge is 2.23. The number of alkyl halides is 2. The summed E-state index contributed by atoms with van der Waals surface area (Å²) in [6.45, 7) is 2.44. The highest BCUT2D eigenvalue weighted by Crippen LogP contribution is 2.25. The molecule has 0 spiro atoms. The van der Waals surface area contributed by atoms with Gasteiger partial charge in [-0.3, -0.25) is 9.58 Å². The maximum atomic E-state index is 12.4. The molecule has 0 unspecified atom stereocenters. The van der Waals surface area contributed by atoms with Crippen molar-refractivity contribution in [1.29, 1.82) is 0 Å². The zero-order valence-corrected chi connectivity index (χ0v) is 13.2. The Kier molecular flexibility index (Phi) is 4.64. The van der Waals surface area contributed by atoms with Crippen molar-refractivity contribution >= 4 is 17.5 Å². The third kappa shape index (κ3) is 3.64. The van der Waals surface area contributed by atoms with Gasteiger partial charge < -0.3 is 10.1 Å². The number of hydrogen-bond donors (Lipinski definition) is 1. The summed E-state index contributed by atoms with van der Waals surface area (Å²) in [4.78, 5) is 13.2. The smallest absolute Gasteiger partial charge is 0.414 e. The van der Waals surface area contributed by atoms with E-state index in [0.717, 1.165) is 11.3 Å². The number of benzene rings is 1. The highest BCUT2D eigenvalue weighted by atomic mass is 19.3. The van der Waals surface area contributed by atoms with Crippen molar-refractivity contribution in [3.05, 3.63) is 42.2 Å². The molecular formula is C16H18F2N4O2. The first kappa shape index (κ1) is 16.2. The van der Waals surface area contributed by atoms with Crippen molar-refractivity contribution in [3.63, 3.8) is 0 Å². The van der Waals surface area contributed by atoms with Gasteiger partial charge in [0, 0.05) is 17.9 Å². The van der Waals surface area contributed by atoms with E-state index in [4.69, 9.17) is 4.74 Å². The second-order valence-electron chi connectivity index (χ2n) is 5.57. The summed E-state index contributed by atoms with van der Waals surface area (Å²) in [6, 6.07) is 7.49. The SMILES string of the molecule is C[C@H](Nc1cnn(CC(F)F)c1)c1cccc(N2CCOC2=O)c1. The zero-order valence-electron chi connectivity index (χ0n) is 13.2. The van der Waals surface area contributed by atoms with Gasteiger partial charge in [-0.1, -0.05) is 12.1 Å². The van der Waals surface area contributed by atoms with Crippen molar-refractivity contribution in [1.82, 2.24) is 9.78 Å². The van der Waals surface area contributed by atoms with E-state index in [1.807, 2.05) is 31.2 Å². The van der Waals surface area contributed by atoms with Crippen LogP contribution in [-0.4, -0.2) is 35.5 Å². The third-order valence-electron chi connectivity index (χ3n) is 3.78. The number of hydrogen-bond acceptors (Lipinski definition) is 4. The molecule has 1 aliphatic heterocycles. The first-order chi connectivity index (χ1) is 11.5.